The lowest BCUT2D eigenvalue weighted by molar-refractivity contribution is -0.123. The van der Waals surface area contributed by atoms with Gasteiger partial charge in [-0.3, -0.25) is 4.79 Å². The quantitative estimate of drug-likeness (QED) is 0.618. The van der Waals surface area contributed by atoms with Gasteiger partial charge in [-0.2, -0.15) is 11.3 Å². The lowest BCUT2D eigenvalue weighted by atomic mass is 10.1. The largest absolute Gasteiger partial charge is 0.318 e. The molecule has 4 heteroatoms. The normalized spacial score (nSPS) is 23.5. The third kappa shape index (κ3) is 0.948. The number of anilines is 1. The van der Waals surface area contributed by atoms with Gasteiger partial charge in [-0.1, -0.05) is 0 Å². The number of hydrogen-bond acceptors (Lipinski definition) is 3. The van der Waals surface area contributed by atoms with E-state index in [2.05, 4.69) is 0 Å². The Hall–Kier alpha value is -0.870. The van der Waals surface area contributed by atoms with Crippen molar-refractivity contribution in [1.82, 2.24) is 0 Å². The molecular weight excluding hydrogens is 160 g/mol. The molecule has 1 atom stereocenters. The molecule has 1 aromatic heterocycles. The maximum Gasteiger partial charge on any atom is 0.245 e. The molecule has 2 N–H and O–H groups in total. The second-order valence-corrected chi connectivity index (χ2v) is 3.32. The van der Waals surface area contributed by atoms with E-state index in [9.17, 15) is 4.79 Å². The molecule has 1 aliphatic heterocycles. The standard InChI is InChI=1S/C7H8N2OS/c8-6-3-9(7(6)10)5-1-2-11-4-5/h1-2,4,6H,3,8H2. The zero-order valence-corrected chi connectivity index (χ0v) is 6.67. The number of rotatable bonds is 1. The van der Waals surface area contributed by atoms with E-state index < -0.39 is 0 Å². The van der Waals surface area contributed by atoms with Crippen molar-refractivity contribution in [2.45, 2.75) is 6.04 Å². The van der Waals surface area contributed by atoms with Crippen LogP contribution in [0.1, 0.15) is 0 Å². The smallest absolute Gasteiger partial charge is 0.245 e. The maximum atomic E-state index is 11.1. The van der Waals surface area contributed by atoms with E-state index in [0.717, 1.165) is 5.69 Å². The Kier molecular flexibility index (Phi) is 1.44. The van der Waals surface area contributed by atoms with E-state index in [-0.39, 0.29) is 11.9 Å². The average Bonchev–Trinajstić information content (AvgIpc) is 2.51. The SMILES string of the molecule is NC1CN(c2ccsc2)C1=O. The van der Waals surface area contributed by atoms with Crippen LogP contribution in [0.25, 0.3) is 0 Å². The van der Waals surface area contributed by atoms with Crippen LogP contribution in [0.5, 0.6) is 0 Å². The summed E-state index contributed by atoms with van der Waals surface area (Å²) in [7, 11) is 0. The van der Waals surface area contributed by atoms with Crippen LogP contribution in [-0.4, -0.2) is 18.5 Å². The Morgan fingerprint density at radius 3 is 3.00 bits per heavy atom. The predicted octanol–water partition coefficient (Wildman–Crippen LogP) is 0.422. The van der Waals surface area contributed by atoms with Gasteiger partial charge in [-0.05, 0) is 11.4 Å². The second-order valence-electron chi connectivity index (χ2n) is 2.54. The van der Waals surface area contributed by atoms with Gasteiger partial charge in [0.15, 0.2) is 0 Å². The minimum Gasteiger partial charge on any atom is -0.318 e. The fourth-order valence-corrected chi connectivity index (χ4v) is 1.74. The lowest BCUT2D eigenvalue weighted by Gasteiger charge is -2.35. The summed E-state index contributed by atoms with van der Waals surface area (Å²) in [6.45, 7) is 0.662. The number of nitrogens with zero attached hydrogens (tertiary/aromatic N) is 1. The van der Waals surface area contributed by atoms with Gasteiger partial charge in [0.2, 0.25) is 5.91 Å². The molecule has 0 bridgehead atoms. The molecular formula is C7H8N2OS. The Labute approximate surface area is 68.4 Å². The van der Waals surface area contributed by atoms with Crippen LogP contribution >= 0.6 is 11.3 Å². The Morgan fingerprint density at radius 1 is 1.73 bits per heavy atom. The van der Waals surface area contributed by atoms with Crippen LogP contribution in [-0.2, 0) is 4.79 Å². The van der Waals surface area contributed by atoms with Gasteiger partial charge in [0.05, 0.1) is 12.2 Å². The van der Waals surface area contributed by atoms with Crippen molar-refractivity contribution >= 4 is 22.9 Å². The van der Waals surface area contributed by atoms with E-state index in [4.69, 9.17) is 5.73 Å². The highest BCUT2D eigenvalue weighted by Crippen LogP contribution is 2.23. The van der Waals surface area contributed by atoms with Crippen LogP contribution in [0.2, 0.25) is 0 Å². The Morgan fingerprint density at radius 2 is 2.55 bits per heavy atom. The van der Waals surface area contributed by atoms with Crippen LogP contribution in [0, 0.1) is 0 Å². The van der Waals surface area contributed by atoms with Gasteiger partial charge in [0.25, 0.3) is 0 Å². The van der Waals surface area contributed by atoms with Crippen molar-refractivity contribution < 1.29 is 4.79 Å². The summed E-state index contributed by atoms with van der Waals surface area (Å²) in [6, 6.07) is 1.66. The number of carbonyl (C=O) groups is 1. The monoisotopic (exact) mass is 168 g/mol. The molecule has 1 aliphatic rings. The van der Waals surface area contributed by atoms with Crippen molar-refractivity contribution in [1.29, 1.82) is 0 Å². The first-order valence-corrected chi connectivity index (χ1v) is 4.32. The fraction of sp³-hybridized carbons (Fsp3) is 0.286. The maximum absolute atomic E-state index is 11.1. The highest BCUT2D eigenvalue weighted by atomic mass is 32.1. The van der Waals surface area contributed by atoms with Gasteiger partial charge >= 0.3 is 0 Å². The minimum atomic E-state index is -0.269. The third-order valence-corrected chi connectivity index (χ3v) is 2.45. The van der Waals surface area contributed by atoms with E-state index >= 15 is 0 Å². The van der Waals surface area contributed by atoms with Crippen molar-refractivity contribution in [3.63, 3.8) is 0 Å². The molecule has 1 saturated heterocycles. The van der Waals surface area contributed by atoms with Crippen molar-refractivity contribution in [3.8, 4) is 0 Å². The molecule has 3 nitrogen and oxygen atoms in total. The highest BCUT2D eigenvalue weighted by molar-refractivity contribution is 7.08. The van der Waals surface area contributed by atoms with Crippen molar-refractivity contribution in [3.05, 3.63) is 16.8 Å². The van der Waals surface area contributed by atoms with E-state index in [1.807, 2.05) is 16.8 Å². The van der Waals surface area contributed by atoms with Crippen LogP contribution in [0.3, 0.4) is 0 Å². The first kappa shape index (κ1) is 6.82. The van der Waals surface area contributed by atoms with Gasteiger partial charge in [0.1, 0.15) is 6.04 Å². The molecule has 11 heavy (non-hydrogen) atoms. The van der Waals surface area contributed by atoms with Crippen molar-refractivity contribution in [2.24, 2.45) is 5.73 Å². The minimum absolute atomic E-state index is 0.0309. The molecule has 0 spiro atoms. The number of amides is 1. The van der Waals surface area contributed by atoms with Gasteiger partial charge < -0.3 is 10.6 Å². The summed E-state index contributed by atoms with van der Waals surface area (Å²) in [6.07, 6.45) is 0. The summed E-state index contributed by atoms with van der Waals surface area (Å²) in [4.78, 5) is 12.8. The average molecular weight is 168 g/mol. The van der Waals surface area contributed by atoms with E-state index in [0.29, 0.717) is 6.54 Å². The summed E-state index contributed by atoms with van der Waals surface area (Å²) < 4.78 is 0. The Bertz CT molecular complexity index is 270. The molecule has 58 valence electrons. The fourth-order valence-electron chi connectivity index (χ4n) is 1.10. The molecule has 0 saturated carbocycles. The first-order chi connectivity index (χ1) is 5.29. The van der Waals surface area contributed by atoms with Gasteiger partial charge in [-0.25, -0.2) is 0 Å². The molecule has 1 unspecified atom stereocenters. The molecule has 0 aromatic carbocycles. The molecule has 2 rings (SSSR count). The van der Waals surface area contributed by atoms with Gasteiger partial charge in [-0.15, -0.1) is 0 Å². The summed E-state index contributed by atoms with van der Waals surface area (Å²) in [5.74, 6) is 0.0309. The lowest BCUT2D eigenvalue weighted by Crippen LogP contribution is -2.61. The van der Waals surface area contributed by atoms with Crippen LogP contribution < -0.4 is 10.6 Å². The van der Waals surface area contributed by atoms with E-state index in [1.165, 1.54) is 0 Å². The summed E-state index contributed by atoms with van der Waals surface area (Å²) in [5.41, 5.74) is 6.40. The molecule has 1 fully saturated rings. The molecule has 1 amide bonds. The first-order valence-electron chi connectivity index (χ1n) is 3.38. The van der Waals surface area contributed by atoms with Crippen LogP contribution in [0.4, 0.5) is 5.69 Å². The zero-order valence-electron chi connectivity index (χ0n) is 5.86. The summed E-state index contributed by atoms with van der Waals surface area (Å²) in [5, 5.41) is 3.90. The molecule has 0 radical (unpaired) electrons. The number of nitrogens with two attached hydrogens (primary N) is 1. The number of hydrogen-bond donors (Lipinski definition) is 1. The van der Waals surface area contributed by atoms with Crippen LogP contribution in [0.15, 0.2) is 16.8 Å². The second kappa shape index (κ2) is 2.32. The van der Waals surface area contributed by atoms with Crippen molar-refractivity contribution in [2.75, 3.05) is 11.4 Å². The van der Waals surface area contributed by atoms with E-state index in [1.54, 1.807) is 16.2 Å². The van der Waals surface area contributed by atoms with Gasteiger partial charge in [0, 0.05) is 5.38 Å². The summed E-state index contributed by atoms with van der Waals surface area (Å²) >= 11 is 1.59. The number of thiophene rings is 1. The number of carbonyl (C=O) groups excluding carboxylic acids is 1. The molecule has 1 aromatic rings. The molecule has 2 heterocycles. The predicted molar refractivity (Wildman–Crippen MR) is 44.6 cm³/mol. The molecule has 0 aliphatic carbocycles. The topological polar surface area (TPSA) is 46.3 Å². The Balaban J connectivity index is 2.16. The highest BCUT2D eigenvalue weighted by Gasteiger charge is 2.34. The zero-order chi connectivity index (χ0) is 7.84. The third-order valence-electron chi connectivity index (χ3n) is 1.78. The number of β-lactam (4-membered cyclic amide) rings is 1.